The van der Waals surface area contributed by atoms with Gasteiger partial charge in [-0.1, -0.05) is 23.5 Å². The van der Waals surface area contributed by atoms with Gasteiger partial charge in [0, 0.05) is 0 Å². The minimum Gasteiger partial charge on any atom is -0.494 e. The number of carbonyl (C=O) groups is 2. The summed E-state index contributed by atoms with van der Waals surface area (Å²) in [6.07, 6.45) is 0.246. The number of anilines is 1. The Bertz CT molecular complexity index is 950. The molecule has 3 aromatic rings. The second-order valence-corrected chi connectivity index (χ2v) is 6.75. The summed E-state index contributed by atoms with van der Waals surface area (Å²) < 4.78 is 11.2. The summed E-state index contributed by atoms with van der Waals surface area (Å²) in [6, 6.07) is 12.6. The molecule has 0 fully saturated rings. The van der Waals surface area contributed by atoms with E-state index < -0.39 is 0 Å². The molecule has 0 aliphatic rings. The lowest BCUT2D eigenvalue weighted by Crippen LogP contribution is -2.14. The van der Waals surface area contributed by atoms with E-state index in [2.05, 4.69) is 10.3 Å². The Morgan fingerprint density at radius 2 is 1.85 bits per heavy atom. The number of amides is 1. The van der Waals surface area contributed by atoms with Crippen LogP contribution in [0.25, 0.3) is 10.2 Å². The first-order chi connectivity index (χ1) is 13.1. The fourth-order valence-corrected chi connectivity index (χ4v) is 3.46. The quantitative estimate of drug-likeness (QED) is 0.622. The number of hydrogen-bond donors (Lipinski definition) is 1. The zero-order valence-corrected chi connectivity index (χ0v) is 16.0. The van der Waals surface area contributed by atoms with E-state index in [4.69, 9.17) is 9.47 Å². The Hall–Kier alpha value is -2.93. The standard InChI is InChI=1S/C20H20N2O4S/c1-3-25-15-8-5-13(6-9-15)11-18(23)22-20-21-16-10-7-14(12-17(16)27-20)19(24)26-4-2/h5-10,12H,3-4,11H2,1-2H3,(H,21,22,23). The third-order valence-electron chi connectivity index (χ3n) is 3.74. The van der Waals surface area contributed by atoms with Gasteiger partial charge in [0.15, 0.2) is 5.13 Å². The molecule has 140 valence electrons. The van der Waals surface area contributed by atoms with Crippen molar-refractivity contribution >= 4 is 38.6 Å². The average Bonchev–Trinajstić information content (AvgIpc) is 3.05. The lowest BCUT2D eigenvalue weighted by molar-refractivity contribution is -0.115. The third kappa shape index (κ3) is 4.83. The summed E-state index contributed by atoms with van der Waals surface area (Å²) in [6.45, 7) is 4.62. The minimum atomic E-state index is -0.367. The maximum Gasteiger partial charge on any atom is 0.338 e. The van der Waals surface area contributed by atoms with Gasteiger partial charge in [-0.05, 0) is 49.7 Å². The van der Waals surface area contributed by atoms with Gasteiger partial charge >= 0.3 is 5.97 Å². The van der Waals surface area contributed by atoms with Gasteiger partial charge in [-0.3, -0.25) is 4.79 Å². The van der Waals surface area contributed by atoms with Crippen molar-refractivity contribution in [1.82, 2.24) is 4.98 Å². The molecule has 1 aromatic heterocycles. The Morgan fingerprint density at radius 3 is 2.56 bits per heavy atom. The molecule has 0 unspecified atom stereocenters. The van der Waals surface area contributed by atoms with E-state index in [9.17, 15) is 9.59 Å². The molecule has 1 N–H and O–H groups in total. The Labute approximate surface area is 161 Å². The number of ether oxygens (including phenoxy) is 2. The van der Waals surface area contributed by atoms with Gasteiger partial charge in [0.25, 0.3) is 0 Å². The molecule has 0 aliphatic heterocycles. The maximum absolute atomic E-state index is 12.3. The van der Waals surface area contributed by atoms with Crippen molar-refractivity contribution in [1.29, 1.82) is 0 Å². The summed E-state index contributed by atoms with van der Waals surface area (Å²) in [5, 5.41) is 3.32. The van der Waals surface area contributed by atoms with E-state index in [0.717, 1.165) is 21.5 Å². The normalized spacial score (nSPS) is 10.6. The first-order valence-electron chi connectivity index (χ1n) is 8.68. The van der Waals surface area contributed by atoms with Crippen molar-refractivity contribution in [3.05, 3.63) is 53.6 Å². The monoisotopic (exact) mass is 384 g/mol. The molecular formula is C20H20N2O4S. The lowest BCUT2D eigenvalue weighted by Gasteiger charge is -2.05. The van der Waals surface area contributed by atoms with E-state index in [1.807, 2.05) is 31.2 Å². The second-order valence-electron chi connectivity index (χ2n) is 5.72. The van der Waals surface area contributed by atoms with Gasteiger partial charge in [0.1, 0.15) is 5.75 Å². The van der Waals surface area contributed by atoms with Crippen molar-refractivity contribution in [2.75, 3.05) is 18.5 Å². The smallest absolute Gasteiger partial charge is 0.338 e. The zero-order valence-electron chi connectivity index (χ0n) is 15.2. The SMILES string of the molecule is CCOC(=O)c1ccc2nc(NC(=O)Cc3ccc(OCC)cc3)sc2c1. The first-order valence-corrected chi connectivity index (χ1v) is 9.50. The molecule has 0 aliphatic carbocycles. The summed E-state index contributed by atoms with van der Waals surface area (Å²) in [5.41, 5.74) is 2.09. The van der Waals surface area contributed by atoms with Crippen LogP contribution >= 0.6 is 11.3 Å². The van der Waals surface area contributed by atoms with Crippen molar-refractivity contribution in [3.8, 4) is 5.75 Å². The number of nitrogens with one attached hydrogen (secondary N) is 1. The number of rotatable bonds is 7. The van der Waals surface area contributed by atoms with Crippen LogP contribution in [0.5, 0.6) is 5.75 Å². The van der Waals surface area contributed by atoms with Crippen molar-refractivity contribution < 1.29 is 19.1 Å². The molecule has 27 heavy (non-hydrogen) atoms. The van der Waals surface area contributed by atoms with Gasteiger partial charge in [0.2, 0.25) is 5.91 Å². The molecule has 0 saturated carbocycles. The first kappa shape index (κ1) is 18.8. The highest BCUT2D eigenvalue weighted by molar-refractivity contribution is 7.22. The number of nitrogens with zero attached hydrogens (tertiary/aromatic N) is 1. The lowest BCUT2D eigenvalue weighted by atomic mass is 10.1. The molecular weight excluding hydrogens is 364 g/mol. The van der Waals surface area contributed by atoms with Crippen LogP contribution < -0.4 is 10.1 Å². The predicted molar refractivity (Wildman–Crippen MR) is 106 cm³/mol. The van der Waals surface area contributed by atoms with E-state index >= 15 is 0 Å². The average molecular weight is 384 g/mol. The summed E-state index contributed by atoms with van der Waals surface area (Å²) >= 11 is 1.32. The van der Waals surface area contributed by atoms with Gasteiger partial charge in [-0.15, -0.1) is 0 Å². The van der Waals surface area contributed by atoms with Crippen LogP contribution in [0.3, 0.4) is 0 Å². The fourth-order valence-electron chi connectivity index (χ4n) is 2.54. The summed E-state index contributed by atoms with van der Waals surface area (Å²) in [5.74, 6) is 0.267. The van der Waals surface area contributed by atoms with E-state index in [1.54, 1.807) is 25.1 Å². The fraction of sp³-hybridized carbons (Fsp3) is 0.250. The molecule has 0 saturated heterocycles. The topological polar surface area (TPSA) is 77.5 Å². The predicted octanol–water partition coefficient (Wildman–Crippen LogP) is 4.05. The van der Waals surface area contributed by atoms with Crippen molar-refractivity contribution in [2.24, 2.45) is 0 Å². The number of hydrogen-bond acceptors (Lipinski definition) is 6. The molecule has 0 spiro atoms. The van der Waals surface area contributed by atoms with Crippen LogP contribution in [0.4, 0.5) is 5.13 Å². The Kier molecular flexibility index (Phi) is 6.03. The number of esters is 1. The van der Waals surface area contributed by atoms with Crippen LogP contribution in [0.15, 0.2) is 42.5 Å². The highest BCUT2D eigenvalue weighted by Crippen LogP contribution is 2.27. The highest BCUT2D eigenvalue weighted by atomic mass is 32.1. The molecule has 1 heterocycles. The molecule has 0 bridgehead atoms. The van der Waals surface area contributed by atoms with Gasteiger partial charge in [-0.25, -0.2) is 9.78 Å². The molecule has 2 aromatic carbocycles. The van der Waals surface area contributed by atoms with Crippen LogP contribution in [0.2, 0.25) is 0 Å². The van der Waals surface area contributed by atoms with Crippen molar-refractivity contribution in [3.63, 3.8) is 0 Å². The number of thiazole rings is 1. The van der Waals surface area contributed by atoms with Crippen LogP contribution in [0.1, 0.15) is 29.8 Å². The Morgan fingerprint density at radius 1 is 1.07 bits per heavy atom. The number of aromatic nitrogens is 1. The van der Waals surface area contributed by atoms with Crippen LogP contribution in [-0.4, -0.2) is 30.1 Å². The minimum absolute atomic E-state index is 0.149. The largest absolute Gasteiger partial charge is 0.494 e. The number of carbonyl (C=O) groups excluding carboxylic acids is 2. The summed E-state index contributed by atoms with van der Waals surface area (Å²) in [4.78, 5) is 28.5. The van der Waals surface area contributed by atoms with Crippen molar-refractivity contribution in [2.45, 2.75) is 20.3 Å². The van der Waals surface area contributed by atoms with E-state index in [0.29, 0.717) is 23.9 Å². The Balaban J connectivity index is 1.66. The molecule has 1 amide bonds. The van der Waals surface area contributed by atoms with Gasteiger partial charge in [0.05, 0.1) is 35.4 Å². The molecule has 6 nitrogen and oxygen atoms in total. The van der Waals surface area contributed by atoms with Gasteiger partial charge in [-0.2, -0.15) is 0 Å². The molecule has 7 heteroatoms. The molecule has 0 atom stereocenters. The second kappa shape index (κ2) is 8.64. The van der Waals surface area contributed by atoms with Crippen LogP contribution in [-0.2, 0) is 16.0 Å². The maximum atomic E-state index is 12.3. The van der Waals surface area contributed by atoms with E-state index in [-0.39, 0.29) is 18.3 Å². The van der Waals surface area contributed by atoms with Crippen LogP contribution in [0, 0.1) is 0 Å². The highest BCUT2D eigenvalue weighted by Gasteiger charge is 2.12. The molecule has 3 rings (SSSR count). The zero-order chi connectivity index (χ0) is 19.2. The van der Waals surface area contributed by atoms with E-state index in [1.165, 1.54) is 11.3 Å². The number of benzene rings is 2. The third-order valence-corrected chi connectivity index (χ3v) is 4.68. The van der Waals surface area contributed by atoms with Gasteiger partial charge < -0.3 is 14.8 Å². The summed E-state index contributed by atoms with van der Waals surface area (Å²) in [7, 11) is 0. The molecule has 0 radical (unpaired) electrons. The number of fused-ring (bicyclic) bond motifs is 1.